The molecule has 0 fully saturated rings. The molecule has 0 N–H and O–H groups in total. The van der Waals surface area contributed by atoms with Crippen LogP contribution < -0.4 is 5.56 Å². The zero-order chi connectivity index (χ0) is 23.4. The second-order valence-electron chi connectivity index (χ2n) is 7.50. The fourth-order valence-corrected chi connectivity index (χ4v) is 4.62. The monoisotopic (exact) mass is 461 g/mol. The molecule has 0 bridgehead atoms. The Kier molecular flexibility index (Phi) is 6.89. The Bertz CT molecular complexity index is 1350. The van der Waals surface area contributed by atoms with Gasteiger partial charge in [0.25, 0.3) is 11.5 Å². The lowest BCUT2D eigenvalue weighted by Gasteiger charge is -2.19. The highest BCUT2D eigenvalue weighted by molar-refractivity contribution is 7.98. The van der Waals surface area contributed by atoms with E-state index in [2.05, 4.69) is 0 Å². The number of aromatic nitrogens is 2. The molecule has 0 aliphatic rings. The summed E-state index contributed by atoms with van der Waals surface area (Å²) in [5.74, 6) is 0.0572. The lowest BCUT2D eigenvalue weighted by atomic mass is 10.1. The van der Waals surface area contributed by atoms with Crippen LogP contribution in [0.15, 0.2) is 82.7 Å². The highest BCUT2D eigenvalue weighted by Gasteiger charge is 2.18. The molecule has 0 radical (unpaired) electrons. The van der Waals surface area contributed by atoms with Crippen LogP contribution in [-0.2, 0) is 5.75 Å². The molecule has 1 amide bonds. The quantitative estimate of drug-likeness (QED) is 0.277. The molecular weight excluding hydrogens is 437 g/mol. The van der Waals surface area contributed by atoms with Gasteiger partial charge in [0, 0.05) is 24.4 Å². The Hall–Kier alpha value is -3.45. The van der Waals surface area contributed by atoms with Gasteiger partial charge in [0.15, 0.2) is 5.16 Å². The lowest BCUT2D eigenvalue weighted by Crippen LogP contribution is -2.30. The van der Waals surface area contributed by atoms with Crippen molar-refractivity contribution in [1.29, 1.82) is 0 Å². The van der Waals surface area contributed by atoms with Crippen LogP contribution in [0.5, 0.6) is 0 Å². The molecule has 0 aliphatic heterocycles. The number of fused-ring (bicyclic) bond motifs is 1. The van der Waals surface area contributed by atoms with Gasteiger partial charge in [0.2, 0.25) is 0 Å². The molecule has 0 unspecified atom stereocenters. The van der Waals surface area contributed by atoms with Crippen molar-refractivity contribution in [3.8, 4) is 5.69 Å². The van der Waals surface area contributed by atoms with Gasteiger partial charge >= 0.3 is 0 Å². The Balaban J connectivity index is 1.85. The third kappa shape index (κ3) is 4.83. The number of thioether (sulfide) groups is 1. The Morgan fingerprint density at radius 1 is 1.00 bits per heavy atom. The Labute approximate surface area is 195 Å². The summed E-state index contributed by atoms with van der Waals surface area (Å²) >= 11 is 1.39. The van der Waals surface area contributed by atoms with Gasteiger partial charge in [0.05, 0.1) is 16.6 Å². The summed E-state index contributed by atoms with van der Waals surface area (Å²) in [4.78, 5) is 32.8. The predicted octanol–water partition coefficient (Wildman–Crippen LogP) is 5.30. The second kappa shape index (κ2) is 10.0. The molecule has 1 heterocycles. The van der Waals surface area contributed by atoms with E-state index >= 15 is 0 Å². The minimum absolute atomic E-state index is 0.100. The van der Waals surface area contributed by atoms with Gasteiger partial charge in [-0.3, -0.25) is 14.2 Å². The number of benzene rings is 3. The molecule has 33 heavy (non-hydrogen) atoms. The van der Waals surface area contributed by atoms with E-state index in [1.165, 1.54) is 28.5 Å². The molecule has 4 rings (SSSR count). The van der Waals surface area contributed by atoms with Gasteiger partial charge in [0.1, 0.15) is 5.82 Å². The van der Waals surface area contributed by atoms with E-state index in [-0.39, 0.29) is 11.5 Å². The second-order valence-corrected chi connectivity index (χ2v) is 8.44. The topological polar surface area (TPSA) is 55.2 Å². The molecule has 1 aromatic heterocycles. The number of rotatable bonds is 7. The van der Waals surface area contributed by atoms with Crippen LogP contribution in [0.25, 0.3) is 16.6 Å². The van der Waals surface area contributed by atoms with Crippen LogP contribution in [-0.4, -0.2) is 33.4 Å². The highest BCUT2D eigenvalue weighted by atomic mass is 32.2. The summed E-state index contributed by atoms with van der Waals surface area (Å²) < 4.78 is 15.4. The zero-order valence-corrected chi connectivity index (χ0v) is 19.3. The van der Waals surface area contributed by atoms with E-state index in [4.69, 9.17) is 4.98 Å². The minimum Gasteiger partial charge on any atom is -0.339 e. The molecule has 0 saturated carbocycles. The van der Waals surface area contributed by atoms with Crippen molar-refractivity contribution in [3.05, 3.63) is 100 Å². The first kappa shape index (κ1) is 22.7. The number of hydrogen-bond donors (Lipinski definition) is 0. The normalized spacial score (nSPS) is 11.0. The summed E-state index contributed by atoms with van der Waals surface area (Å²) in [6.07, 6.45) is 0. The molecular formula is C26H24FN3O2S. The first-order valence-electron chi connectivity index (χ1n) is 10.8. The number of carbonyl (C=O) groups is 1. The number of hydrogen-bond acceptors (Lipinski definition) is 4. The van der Waals surface area contributed by atoms with Crippen LogP contribution in [0.3, 0.4) is 0 Å². The summed E-state index contributed by atoms with van der Waals surface area (Å²) in [5, 5.41) is 0.814. The van der Waals surface area contributed by atoms with Gasteiger partial charge in [-0.15, -0.1) is 0 Å². The third-order valence-corrected chi connectivity index (χ3v) is 6.42. The zero-order valence-electron chi connectivity index (χ0n) is 18.5. The maximum absolute atomic E-state index is 14.0. The fourth-order valence-electron chi connectivity index (χ4n) is 3.65. The van der Waals surface area contributed by atoms with E-state index in [0.29, 0.717) is 46.2 Å². The Morgan fingerprint density at radius 3 is 2.45 bits per heavy atom. The van der Waals surface area contributed by atoms with Gasteiger partial charge in [-0.1, -0.05) is 48.2 Å². The molecule has 0 atom stereocenters. The van der Waals surface area contributed by atoms with Crippen molar-refractivity contribution in [2.75, 3.05) is 13.1 Å². The standard InChI is InChI=1S/C26H24FN3O2S/c1-3-29(4-2)24(31)19-13-14-22-23(15-19)28-26(33-17-18-9-6-5-7-10-18)30(25(22)32)21-12-8-11-20(27)16-21/h5-16H,3-4,17H2,1-2H3. The fraction of sp³-hybridized carbons (Fsp3) is 0.192. The van der Waals surface area contributed by atoms with Crippen LogP contribution in [0.4, 0.5) is 4.39 Å². The third-order valence-electron chi connectivity index (χ3n) is 5.41. The molecule has 3 aromatic carbocycles. The summed E-state index contributed by atoms with van der Waals surface area (Å²) in [5.41, 5.74) is 2.12. The SMILES string of the molecule is CCN(CC)C(=O)c1ccc2c(=O)n(-c3cccc(F)c3)c(SCc3ccccc3)nc2c1. The van der Waals surface area contributed by atoms with E-state index in [9.17, 15) is 14.0 Å². The van der Waals surface area contributed by atoms with Crippen molar-refractivity contribution in [3.63, 3.8) is 0 Å². The van der Waals surface area contributed by atoms with Gasteiger partial charge in [-0.25, -0.2) is 9.37 Å². The van der Waals surface area contributed by atoms with E-state index in [0.717, 1.165) is 5.56 Å². The van der Waals surface area contributed by atoms with E-state index in [1.54, 1.807) is 35.2 Å². The average Bonchev–Trinajstić information content (AvgIpc) is 2.83. The predicted molar refractivity (Wildman–Crippen MR) is 131 cm³/mol. The van der Waals surface area contributed by atoms with Crippen molar-refractivity contribution in [2.45, 2.75) is 24.8 Å². The van der Waals surface area contributed by atoms with Gasteiger partial charge in [-0.2, -0.15) is 0 Å². The van der Waals surface area contributed by atoms with E-state index in [1.807, 2.05) is 44.2 Å². The average molecular weight is 462 g/mol. The summed E-state index contributed by atoms with van der Waals surface area (Å²) in [7, 11) is 0. The van der Waals surface area contributed by atoms with E-state index < -0.39 is 5.82 Å². The maximum atomic E-state index is 14.0. The minimum atomic E-state index is -0.432. The number of carbonyl (C=O) groups excluding carboxylic acids is 1. The van der Waals surface area contributed by atoms with Crippen molar-refractivity contribution >= 4 is 28.6 Å². The molecule has 168 valence electrons. The molecule has 4 aromatic rings. The summed E-state index contributed by atoms with van der Waals surface area (Å²) in [6.45, 7) is 5.05. The number of nitrogens with zero attached hydrogens (tertiary/aromatic N) is 3. The molecule has 0 saturated heterocycles. The van der Waals surface area contributed by atoms with Crippen LogP contribution in [0.2, 0.25) is 0 Å². The molecule has 5 nitrogen and oxygen atoms in total. The van der Waals surface area contributed by atoms with Crippen LogP contribution in [0.1, 0.15) is 29.8 Å². The van der Waals surface area contributed by atoms with Crippen molar-refractivity contribution < 1.29 is 9.18 Å². The van der Waals surface area contributed by atoms with Crippen LogP contribution >= 0.6 is 11.8 Å². The number of amides is 1. The first-order chi connectivity index (χ1) is 16.0. The molecule has 0 spiro atoms. The van der Waals surface area contributed by atoms with Gasteiger partial charge in [-0.05, 0) is 55.8 Å². The smallest absolute Gasteiger partial charge is 0.266 e. The van der Waals surface area contributed by atoms with Crippen molar-refractivity contribution in [1.82, 2.24) is 14.5 Å². The van der Waals surface area contributed by atoms with Crippen LogP contribution in [0, 0.1) is 5.82 Å². The molecule has 0 aliphatic carbocycles. The maximum Gasteiger partial charge on any atom is 0.266 e. The highest BCUT2D eigenvalue weighted by Crippen LogP contribution is 2.25. The van der Waals surface area contributed by atoms with Crippen molar-refractivity contribution in [2.24, 2.45) is 0 Å². The molecule has 7 heteroatoms. The summed E-state index contributed by atoms with van der Waals surface area (Å²) in [6, 6.07) is 20.7. The lowest BCUT2D eigenvalue weighted by molar-refractivity contribution is 0.0773. The first-order valence-corrected chi connectivity index (χ1v) is 11.8. The largest absolute Gasteiger partial charge is 0.339 e. The Morgan fingerprint density at radius 2 is 1.76 bits per heavy atom. The van der Waals surface area contributed by atoms with Gasteiger partial charge < -0.3 is 4.90 Å². The number of halogens is 1.